The van der Waals surface area contributed by atoms with E-state index >= 15 is 0 Å². The third kappa shape index (κ3) is 1.84. The Morgan fingerprint density at radius 2 is 2.50 bits per heavy atom. The molecular formula is C7H9BrO2. The molecule has 1 atom stereocenters. The average molecular weight is 205 g/mol. The Morgan fingerprint density at radius 1 is 1.80 bits per heavy atom. The molecule has 10 heavy (non-hydrogen) atoms. The highest BCUT2D eigenvalue weighted by Gasteiger charge is 2.19. The van der Waals surface area contributed by atoms with Gasteiger partial charge in [-0.1, -0.05) is 22.0 Å². The Hall–Kier alpha value is -0.310. The van der Waals surface area contributed by atoms with Gasteiger partial charge in [-0.3, -0.25) is 4.79 Å². The molecule has 0 heterocycles. The van der Waals surface area contributed by atoms with Crippen LogP contribution in [-0.2, 0) is 4.79 Å². The lowest BCUT2D eigenvalue weighted by molar-refractivity contribution is -0.141. The standard InChI is InChI=1S/C7H9BrO2/c8-6-3-1-5(2-4-6)7(9)10/h3,5H,1-2,4H2,(H,9,10)/t5-/m0/s1. The molecule has 0 amide bonds. The van der Waals surface area contributed by atoms with Crippen molar-refractivity contribution in [1.29, 1.82) is 0 Å². The molecule has 0 fully saturated rings. The van der Waals surface area contributed by atoms with E-state index in [0.717, 1.165) is 17.3 Å². The van der Waals surface area contributed by atoms with E-state index in [-0.39, 0.29) is 5.92 Å². The molecule has 3 heteroatoms. The van der Waals surface area contributed by atoms with Gasteiger partial charge >= 0.3 is 5.97 Å². The van der Waals surface area contributed by atoms with Crippen LogP contribution in [0.1, 0.15) is 19.3 Å². The summed E-state index contributed by atoms with van der Waals surface area (Å²) in [6, 6.07) is 0. The first-order chi connectivity index (χ1) is 4.70. The van der Waals surface area contributed by atoms with Crippen molar-refractivity contribution >= 4 is 21.9 Å². The molecule has 2 nitrogen and oxygen atoms in total. The molecule has 0 aromatic heterocycles. The van der Waals surface area contributed by atoms with Crippen LogP contribution in [0.15, 0.2) is 10.6 Å². The fourth-order valence-electron chi connectivity index (χ4n) is 1.03. The Morgan fingerprint density at radius 3 is 2.90 bits per heavy atom. The van der Waals surface area contributed by atoms with E-state index < -0.39 is 5.97 Å². The fourth-order valence-corrected chi connectivity index (χ4v) is 1.44. The highest BCUT2D eigenvalue weighted by Crippen LogP contribution is 2.26. The van der Waals surface area contributed by atoms with Crippen molar-refractivity contribution in [3.8, 4) is 0 Å². The molecule has 0 unspecified atom stereocenters. The normalized spacial score (nSPS) is 25.7. The van der Waals surface area contributed by atoms with E-state index in [4.69, 9.17) is 5.11 Å². The zero-order valence-corrected chi connectivity index (χ0v) is 7.10. The first kappa shape index (κ1) is 7.79. The van der Waals surface area contributed by atoms with Crippen molar-refractivity contribution < 1.29 is 9.90 Å². The van der Waals surface area contributed by atoms with Crippen LogP contribution < -0.4 is 0 Å². The number of halogens is 1. The Bertz CT molecular complexity index is 174. The molecule has 0 spiro atoms. The molecule has 1 N–H and O–H groups in total. The van der Waals surface area contributed by atoms with Gasteiger partial charge in [0.2, 0.25) is 0 Å². The van der Waals surface area contributed by atoms with Crippen LogP contribution in [0.25, 0.3) is 0 Å². The number of carbonyl (C=O) groups is 1. The van der Waals surface area contributed by atoms with Crippen LogP contribution in [-0.4, -0.2) is 11.1 Å². The lowest BCUT2D eigenvalue weighted by Gasteiger charge is -2.14. The first-order valence-corrected chi connectivity index (χ1v) is 4.07. The molecule has 0 aromatic carbocycles. The van der Waals surface area contributed by atoms with Gasteiger partial charge in [0.25, 0.3) is 0 Å². The summed E-state index contributed by atoms with van der Waals surface area (Å²) in [7, 11) is 0. The van der Waals surface area contributed by atoms with Crippen LogP contribution in [0.2, 0.25) is 0 Å². The van der Waals surface area contributed by atoms with Crippen molar-refractivity contribution in [2.75, 3.05) is 0 Å². The van der Waals surface area contributed by atoms with Gasteiger partial charge in [0, 0.05) is 0 Å². The molecule has 0 aromatic rings. The summed E-state index contributed by atoms with van der Waals surface area (Å²) in [5.41, 5.74) is 0. The Kier molecular flexibility index (Phi) is 2.49. The zero-order chi connectivity index (χ0) is 7.56. The lowest BCUT2D eigenvalue weighted by Crippen LogP contribution is -2.14. The van der Waals surface area contributed by atoms with Crippen LogP contribution in [0.5, 0.6) is 0 Å². The van der Waals surface area contributed by atoms with E-state index in [1.165, 1.54) is 0 Å². The molecule has 0 saturated carbocycles. The monoisotopic (exact) mass is 204 g/mol. The molecule has 56 valence electrons. The van der Waals surface area contributed by atoms with Crippen molar-refractivity contribution in [3.63, 3.8) is 0 Å². The molecule has 1 rings (SSSR count). The largest absolute Gasteiger partial charge is 0.481 e. The van der Waals surface area contributed by atoms with Gasteiger partial charge in [0.05, 0.1) is 5.92 Å². The summed E-state index contributed by atoms with van der Waals surface area (Å²) >= 11 is 3.33. The van der Waals surface area contributed by atoms with Gasteiger partial charge in [0.1, 0.15) is 0 Å². The average Bonchev–Trinajstić information content (AvgIpc) is 1.88. The zero-order valence-electron chi connectivity index (χ0n) is 5.51. The molecule has 0 aliphatic heterocycles. The first-order valence-electron chi connectivity index (χ1n) is 3.27. The SMILES string of the molecule is O=C(O)[C@H]1CC=C(Br)CC1. The molecule has 0 bridgehead atoms. The summed E-state index contributed by atoms with van der Waals surface area (Å²) < 4.78 is 1.14. The third-order valence-electron chi connectivity index (χ3n) is 1.70. The van der Waals surface area contributed by atoms with Crippen molar-refractivity contribution in [3.05, 3.63) is 10.6 Å². The predicted molar refractivity (Wildman–Crippen MR) is 42.0 cm³/mol. The second kappa shape index (κ2) is 3.19. The van der Waals surface area contributed by atoms with Gasteiger partial charge in [-0.2, -0.15) is 0 Å². The van der Waals surface area contributed by atoms with Crippen molar-refractivity contribution in [1.82, 2.24) is 0 Å². The van der Waals surface area contributed by atoms with Gasteiger partial charge in [-0.25, -0.2) is 0 Å². The van der Waals surface area contributed by atoms with Gasteiger partial charge in [-0.15, -0.1) is 0 Å². The topological polar surface area (TPSA) is 37.3 Å². The summed E-state index contributed by atoms with van der Waals surface area (Å²) in [5, 5.41) is 8.58. The predicted octanol–water partition coefficient (Wildman–Crippen LogP) is 2.15. The molecule has 1 aliphatic carbocycles. The number of hydrogen-bond acceptors (Lipinski definition) is 1. The van der Waals surface area contributed by atoms with Crippen LogP contribution in [0, 0.1) is 5.92 Å². The minimum Gasteiger partial charge on any atom is -0.481 e. The Labute approximate surface area is 68.1 Å². The fraction of sp³-hybridized carbons (Fsp3) is 0.571. The molecule has 0 saturated heterocycles. The maximum Gasteiger partial charge on any atom is 0.306 e. The second-order valence-corrected chi connectivity index (χ2v) is 3.48. The summed E-state index contributed by atoms with van der Waals surface area (Å²) in [6.45, 7) is 0. The van der Waals surface area contributed by atoms with E-state index in [2.05, 4.69) is 15.9 Å². The van der Waals surface area contributed by atoms with Crippen molar-refractivity contribution in [2.24, 2.45) is 5.92 Å². The quantitative estimate of drug-likeness (QED) is 0.711. The summed E-state index contributed by atoms with van der Waals surface area (Å²) in [5.74, 6) is -0.822. The molecule has 1 aliphatic rings. The number of aliphatic carboxylic acids is 1. The minimum atomic E-state index is -0.670. The molecule has 0 radical (unpaired) electrons. The van der Waals surface area contributed by atoms with E-state index in [1.54, 1.807) is 0 Å². The number of carboxylic acids is 1. The van der Waals surface area contributed by atoms with Gasteiger partial charge in [0.15, 0.2) is 0 Å². The number of allylic oxidation sites excluding steroid dienone is 2. The third-order valence-corrected chi connectivity index (χ3v) is 2.42. The van der Waals surface area contributed by atoms with E-state index in [9.17, 15) is 4.79 Å². The summed E-state index contributed by atoms with van der Waals surface area (Å²) in [4.78, 5) is 10.4. The second-order valence-electron chi connectivity index (χ2n) is 2.46. The highest BCUT2D eigenvalue weighted by molar-refractivity contribution is 9.11. The van der Waals surface area contributed by atoms with Gasteiger partial charge in [-0.05, 0) is 23.7 Å². The van der Waals surface area contributed by atoms with E-state index in [0.29, 0.717) is 6.42 Å². The van der Waals surface area contributed by atoms with E-state index in [1.807, 2.05) is 6.08 Å². The van der Waals surface area contributed by atoms with Gasteiger partial charge < -0.3 is 5.11 Å². The smallest absolute Gasteiger partial charge is 0.306 e. The Balaban J connectivity index is 2.50. The number of rotatable bonds is 1. The minimum absolute atomic E-state index is 0.152. The highest BCUT2D eigenvalue weighted by atomic mass is 79.9. The maximum absolute atomic E-state index is 10.4. The van der Waals surface area contributed by atoms with Crippen LogP contribution in [0.3, 0.4) is 0 Å². The van der Waals surface area contributed by atoms with Crippen molar-refractivity contribution in [2.45, 2.75) is 19.3 Å². The maximum atomic E-state index is 10.4. The molecular weight excluding hydrogens is 196 g/mol. The number of carboxylic acid groups (broad SMARTS) is 1. The van der Waals surface area contributed by atoms with Crippen LogP contribution in [0.4, 0.5) is 0 Å². The lowest BCUT2D eigenvalue weighted by atomic mass is 9.95. The summed E-state index contributed by atoms with van der Waals surface area (Å²) in [6.07, 6.45) is 4.27. The number of hydrogen-bond donors (Lipinski definition) is 1. The van der Waals surface area contributed by atoms with Crippen LogP contribution >= 0.6 is 15.9 Å².